The molecule has 2 amide bonds. The standard InChI is InChI=1S/C36H31F3N4O4/c1-42(23-10-4-3-5-11-23)35(46)40-21-20-26-25-12-6-8-14-28(25)41-32(26)30(22-16-18-24(19-17-22)47-36(37,38)39)31-33(44)27-13-7-9-15-29(27)43(2)34(31)45/h3-19,30,41,44H,20-21H2,1-2H3,(H,40,46). The van der Waals surface area contributed by atoms with Gasteiger partial charge in [-0.15, -0.1) is 13.2 Å². The highest BCUT2D eigenvalue weighted by Crippen LogP contribution is 2.41. The Balaban J connectivity index is 1.47. The predicted octanol–water partition coefficient (Wildman–Crippen LogP) is 7.19. The molecule has 1 unspecified atom stereocenters. The lowest BCUT2D eigenvalue weighted by Crippen LogP contribution is -2.38. The van der Waals surface area contributed by atoms with Crippen molar-refractivity contribution in [1.82, 2.24) is 14.9 Å². The summed E-state index contributed by atoms with van der Waals surface area (Å²) >= 11 is 0. The van der Waals surface area contributed by atoms with E-state index in [-0.39, 0.29) is 23.9 Å². The number of alkyl halides is 3. The van der Waals surface area contributed by atoms with Crippen molar-refractivity contribution >= 4 is 33.5 Å². The highest BCUT2D eigenvalue weighted by molar-refractivity contribution is 5.92. The number of aryl methyl sites for hydroxylation is 1. The first-order valence-electron chi connectivity index (χ1n) is 14.9. The zero-order valence-electron chi connectivity index (χ0n) is 25.5. The SMILES string of the molecule is CN(C(=O)NCCc1c(C(c2ccc(OC(F)(F)F)cc2)c2c(O)c3ccccc3n(C)c2=O)[nH]c2ccccc12)c1ccccc1. The number of aromatic hydroxyl groups is 1. The van der Waals surface area contributed by atoms with Crippen LogP contribution in [0.1, 0.15) is 28.3 Å². The molecule has 0 radical (unpaired) electrons. The number of H-pyrrole nitrogens is 1. The van der Waals surface area contributed by atoms with Crippen LogP contribution in [0.25, 0.3) is 21.8 Å². The first kappa shape index (κ1) is 31.3. The molecule has 0 spiro atoms. The van der Waals surface area contributed by atoms with E-state index in [9.17, 15) is 27.9 Å². The number of para-hydroxylation sites is 3. The van der Waals surface area contributed by atoms with Crippen LogP contribution in [0.2, 0.25) is 0 Å². The van der Waals surface area contributed by atoms with Gasteiger partial charge in [-0.05, 0) is 60.0 Å². The molecule has 0 bridgehead atoms. The quantitative estimate of drug-likeness (QED) is 0.164. The number of carbonyl (C=O) groups excluding carboxylic acids is 1. The van der Waals surface area contributed by atoms with Gasteiger partial charge in [-0.1, -0.05) is 60.7 Å². The van der Waals surface area contributed by atoms with Gasteiger partial charge in [-0.2, -0.15) is 0 Å². The van der Waals surface area contributed by atoms with E-state index < -0.39 is 23.6 Å². The molecular weight excluding hydrogens is 609 g/mol. The summed E-state index contributed by atoms with van der Waals surface area (Å²) in [5, 5.41) is 15.9. The molecular formula is C36H31F3N4O4. The van der Waals surface area contributed by atoms with E-state index in [0.717, 1.165) is 22.2 Å². The molecule has 240 valence electrons. The number of nitrogens with zero attached hydrogens (tertiary/aromatic N) is 2. The average Bonchev–Trinajstić information content (AvgIpc) is 3.43. The third-order valence-corrected chi connectivity index (χ3v) is 8.28. The second-order valence-electron chi connectivity index (χ2n) is 11.1. The van der Waals surface area contributed by atoms with Crippen LogP contribution in [0, 0.1) is 0 Å². The molecule has 0 saturated heterocycles. The lowest BCUT2D eigenvalue weighted by atomic mass is 9.85. The third kappa shape index (κ3) is 6.24. The van der Waals surface area contributed by atoms with Crippen molar-refractivity contribution in [2.75, 3.05) is 18.5 Å². The van der Waals surface area contributed by atoms with Crippen LogP contribution in [-0.2, 0) is 13.5 Å². The molecule has 11 heteroatoms. The molecule has 3 N–H and O–H groups in total. The van der Waals surface area contributed by atoms with Crippen molar-refractivity contribution in [3.05, 3.63) is 136 Å². The molecule has 4 aromatic carbocycles. The summed E-state index contributed by atoms with van der Waals surface area (Å²) in [5.74, 6) is -1.58. The fraction of sp³-hybridized carbons (Fsp3) is 0.167. The molecule has 2 heterocycles. The highest BCUT2D eigenvalue weighted by Gasteiger charge is 2.33. The predicted molar refractivity (Wildman–Crippen MR) is 175 cm³/mol. The number of carbonyl (C=O) groups is 1. The Kier molecular flexibility index (Phi) is 8.38. The molecule has 0 aliphatic carbocycles. The summed E-state index contributed by atoms with van der Waals surface area (Å²) in [6.45, 7) is 0.234. The van der Waals surface area contributed by atoms with Crippen LogP contribution in [0.4, 0.5) is 23.7 Å². The second kappa shape index (κ2) is 12.6. The van der Waals surface area contributed by atoms with Crippen LogP contribution in [0.5, 0.6) is 11.5 Å². The summed E-state index contributed by atoms with van der Waals surface area (Å²) in [7, 11) is 3.28. The number of amides is 2. The smallest absolute Gasteiger partial charge is 0.507 e. The number of benzene rings is 4. The normalized spacial score (nSPS) is 12.3. The van der Waals surface area contributed by atoms with Crippen LogP contribution in [0.3, 0.4) is 0 Å². The Hall–Kier alpha value is -5.71. The maximum absolute atomic E-state index is 14.0. The molecule has 6 aromatic rings. The Labute approximate surface area is 267 Å². The van der Waals surface area contributed by atoms with Crippen molar-refractivity contribution in [3.63, 3.8) is 0 Å². The summed E-state index contributed by atoms with van der Waals surface area (Å²) < 4.78 is 44.5. The molecule has 0 fully saturated rings. The average molecular weight is 641 g/mol. The summed E-state index contributed by atoms with van der Waals surface area (Å²) in [4.78, 5) is 32.0. The number of anilines is 1. The molecule has 0 aliphatic rings. The Morgan fingerprint density at radius 1 is 0.936 bits per heavy atom. The van der Waals surface area contributed by atoms with Gasteiger partial charge in [0.15, 0.2) is 0 Å². The highest BCUT2D eigenvalue weighted by atomic mass is 19.4. The van der Waals surface area contributed by atoms with Crippen molar-refractivity contribution in [2.24, 2.45) is 7.05 Å². The third-order valence-electron chi connectivity index (χ3n) is 8.28. The maximum Gasteiger partial charge on any atom is 0.573 e. The van der Waals surface area contributed by atoms with Gasteiger partial charge in [-0.25, -0.2) is 4.79 Å². The zero-order valence-corrected chi connectivity index (χ0v) is 25.5. The van der Waals surface area contributed by atoms with Crippen molar-refractivity contribution in [2.45, 2.75) is 18.7 Å². The minimum Gasteiger partial charge on any atom is -0.507 e. The number of hydrogen-bond donors (Lipinski definition) is 3. The van der Waals surface area contributed by atoms with E-state index in [2.05, 4.69) is 15.0 Å². The minimum absolute atomic E-state index is 0.0522. The number of pyridine rings is 1. The van der Waals surface area contributed by atoms with Gasteiger partial charge in [0, 0.05) is 48.3 Å². The number of rotatable bonds is 8. The monoisotopic (exact) mass is 640 g/mol. The Morgan fingerprint density at radius 3 is 2.28 bits per heavy atom. The van der Waals surface area contributed by atoms with Gasteiger partial charge in [0.25, 0.3) is 5.56 Å². The van der Waals surface area contributed by atoms with E-state index in [0.29, 0.717) is 28.6 Å². The first-order valence-corrected chi connectivity index (χ1v) is 14.9. The molecule has 6 rings (SSSR count). The lowest BCUT2D eigenvalue weighted by molar-refractivity contribution is -0.274. The van der Waals surface area contributed by atoms with Crippen molar-refractivity contribution < 1.29 is 27.8 Å². The van der Waals surface area contributed by atoms with E-state index >= 15 is 0 Å². The molecule has 47 heavy (non-hydrogen) atoms. The second-order valence-corrected chi connectivity index (χ2v) is 11.1. The number of hydrogen-bond acceptors (Lipinski definition) is 4. The van der Waals surface area contributed by atoms with Crippen molar-refractivity contribution in [3.8, 4) is 11.5 Å². The van der Waals surface area contributed by atoms with Gasteiger partial charge in [0.05, 0.1) is 17.0 Å². The van der Waals surface area contributed by atoms with E-state index in [1.54, 1.807) is 38.4 Å². The number of ether oxygens (including phenoxy) is 1. The number of aromatic amines is 1. The van der Waals surface area contributed by atoms with E-state index in [4.69, 9.17) is 0 Å². The van der Waals surface area contributed by atoms with Crippen LogP contribution < -0.4 is 20.5 Å². The van der Waals surface area contributed by atoms with Gasteiger partial charge in [0.2, 0.25) is 0 Å². The Bertz CT molecular complexity index is 2120. The van der Waals surface area contributed by atoms with Crippen LogP contribution in [0.15, 0.2) is 108 Å². The summed E-state index contributed by atoms with van der Waals surface area (Å²) in [6.07, 6.45) is -4.54. The van der Waals surface area contributed by atoms with Crippen LogP contribution in [-0.4, -0.2) is 40.6 Å². The van der Waals surface area contributed by atoms with Gasteiger partial charge in [0.1, 0.15) is 11.5 Å². The molecule has 1 atom stereocenters. The minimum atomic E-state index is -4.88. The molecule has 0 aliphatic heterocycles. The molecule has 2 aromatic heterocycles. The topological polar surface area (TPSA) is 99.6 Å². The first-order chi connectivity index (χ1) is 22.5. The number of fused-ring (bicyclic) bond motifs is 2. The Morgan fingerprint density at radius 2 is 1.57 bits per heavy atom. The largest absolute Gasteiger partial charge is 0.573 e. The summed E-state index contributed by atoms with van der Waals surface area (Å²) in [6, 6.07) is 28.6. The number of halogens is 3. The lowest BCUT2D eigenvalue weighted by Gasteiger charge is -2.22. The van der Waals surface area contributed by atoms with Gasteiger partial charge in [-0.3, -0.25) is 9.69 Å². The van der Waals surface area contributed by atoms with Crippen molar-refractivity contribution in [1.29, 1.82) is 0 Å². The van der Waals surface area contributed by atoms with E-state index in [1.165, 1.54) is 33.7 Å². The van der Waals surface area contributed by atoms with Gasteiger partial charge >= 0.3 is 12.4 Å². The van der Waals surface area contributed by atoms with Gasteiger partial charge < -0.3 is 24.7 Å². The molecule has 0 saturated carbocycles. The zero-order chi connectivity index (χ0) is 33.3. The molecule has 8 nitrogen and oxygen atoms in total. The summed E-state index contributed by atoms with van der Waals surface area (Å²) in [5.41, 5.74) is 3.36. The number of aromatic nitrogens is 2. The van der Waals surface area contributed by atoms with E-state index in [1.807, 2.05) is 54.6 Å². The fourth-order valence-electron chi connectivity index (χ4n) is 6.02. The number of urea groups is 1. The van der Waals surface area contributed by atoms with Crippen LogP contribution >= 0.6 is 0 Å². The number of nitrogens with one attached hydrogen (secondary N) is 2. The maximum atomic E-state index is 14.0. The fourth-order valence-corrected chi connectivity index (χ4v) is 6.02.